The number of ether oxygens (including phenoxy) is 1. The summed E-state index contributed by atoms with van der Waals surface area (Å²) < 4.78 is 32.0. The van der Waals surface area contributed by atoms with E-state index >= 15 is 0 Å². The summed E-state index contributed by atoms with van der Waals surface area (Å²) >= 11 is 0. The van der Waals surface area contributed by atoms with Crippen molar-refractivity contribution >= 4 is 15.7 Å². The Kier molecular flexibility index (Phi) is 5.64. The van der Waals surface area contributed by atoms with Gasteiger partial charge in [-0.15, -0.1) is 5.10 Å². The molecular formula is C16H19N5O6S. The standard InChI is InChI=1S/C16H19N5O6S/c1-28(25,26)21(12-4-2-10(6-17)3-5-12)8-11-7-20(19-18-11)16-15(24)14(23)13(9-22)27-16/h2-5,7,13-16,22-24H,8-9H2,1H3/t13-,14-,15-,16-/m1/s1. The number of hydrogen-bond donors (Lipinski definition) is 3. The van der Waals surface area contributed by atoms with Crippen molar-refractivity contribution in [3.8, 4) is 6.07 Å². The summed E-state index contributed by atoms with van der Waals surface area (Å²) in [6.45, 7) is -0.615. The van der Waals surface area contributed by atoms with Crippen molar-refractivity contribution in [1.29, 1.82) is 5.26 Å². The van der Waals surface area contributed by atoms with Crippen LogP contribution in [0.1, 0.15) is 17.5 Å². The Balaban J connectivity index is 1.82. The number of rotatable bonds is 6. The number of hydrogen-bond acceptors (Lipinski definition) is 9. The lowest BCUT2D eigenvalue weighted by Gasteiger charge is -2.21. The number of aromatic nitrogens is 3. The molecule has 0 aliphatic carbocycles. The molecule has 0 unspecified atom stereocenters. The van der Waals surface area contributed by atoms with Crippen molar-refractivity contribution in [2.45, 2.75) is 31.1 Å². The Hall–Kier alpha value is -2.56. The Morgan fingerprint density at radius 2 is 1.96 bits per heavy atom. The first-order valence-electron chi connectivity index (χ1n) is 8.25. The first-order valence-corrected chi connectivity index (χ1v) is 10.1. The van der Waals surface area contributed by atoms with E-state index in [4.69, 9.17) is 15.1 Å². The molecule has 1 aromatic carbocycles. The van der Waals surface area contributed by atoms with Gasteiger partial charge in [0.1, 0.15) is 24.0 Å². The zero-order chi connectivity index (χ0) is 20.5. The van der Waals surface area contributed by atoms with Crippen LogP contribution in [0.15, 0.2) is 30.5 Å². The Labute approximate surface area is 161 Å². The van der Waals surface area contributed by atoms with E-state index in [2.05, 4.69) is 10.3 Å². The molecule has 4 atom stereocenters. The van der Waals surface area contributed by atoms with E-state index < -0.39 is 41.2 Å². The van der Waals surface area contributed by atoms with Gasteiger partial charge >= 0.3 is 0 Å². The maximum atomic E-state index is 12.2. The highest BCUT2D eigenvalue weighted by Crippen LogP contribution is 2.29. The van der Waals surface area contributed by atoms with Crippen LogP contribution >= 0.6 is 0 Å². The van der Waals surface area contributed by atoms with Crippen molar-refractivity contribution in [3.05, 3.63) is 41.7 Å². The van der Waals surface area contributed by atoms with Gasteiger partial charge in [-0.2, -0.15) is 5.26 Å². The second-order valence-corrected chi connectivity index (χ2v) is 8.25. The molecule has 2 heterocycles. The maximum Gasteiger partial charge on any atom is 0.232 e. The molecule has 0 saturated carbocycles. The predicted molar refractivity (Wildman–Crippen MR) is 95.2 cm³/mol. The largest absolute Gasteiger partial charge is 0.394 e. The minimum Gasteiger partial charge on any atom is -0.394 e. The van der Waals surface area contributed by atoms with Crippen LogP contribution in [0.4, 0.5) is 5.69 Å². The monoisotopic (exact) mass is 409 g/mol. The van der Waals surface area contributed by atoms with E-state index in [1.807, 2.05) is 6.07 Å². The first kappa shape index (κ1) is 20.2. The molecule has 150 valence electrons. The van der Waals surface area contributed by atoms with Crippen LogP contribution in [0.25, 0.3) is 0 Å². The second-order valence-electron chi connectivity index (χ2n) is 6.35. The maximum absolute atomic E-state index is 12.2. The summed E-state index contributed by atoms with van der Waals surface area (Å²) in [4.78, 5) is 0. The van der Waals surface area contributed by atoms with E-state index in [1.54, 1.807) is 0 Å². The molecule has 0 bridgehead atoms. The Morgan fingerprint density at radius 1 is 1.29 bits per heavy atom. The van der Waals surface area contributed by atoms with Crippen molar-refractivity contribution in [1.82, 2.24) is 15.0 Å². The third-order valence-corrected chi connectivity index (χ3v) is 5.47. The van der Waals surface area contributed by atoms with Gasteiger partial charge in [-0.3, -0.25) is 4.31 Å². The Morgan fingerprint density at radius 3 is 2.50 bits per heavy atom. The van der Waals surface area contributed by atoms with Crippen LogP contribution in [0.5, 0.6) is 0 Å². The number of nitrogens with zero attached hydrogens (tertiary/aromatic N) is 5. The van der Waals surface area contributed by atoms with Crippen molar-refractivity contribution in [3.63, 3.8) is 0 Å². The van der Waals surface area contributed by atoms with E-state index in [1.165, 1.54) is 30.5 Å². The van der Waals surface area contributed by atoms with Crippen LogP contribution in [0, 0.1) is 11.3 Å². The van der Waals surface area contributed by atoms with Crippen LogP contribution < -0.4 is 4.31 Å². The molecule has 2 aromatic rings. The number of nitriles is 1. The molecule has 11 nitrogen and oxygen atoms in total. The van der Waals surface area contributed by atoms with Gasteiger partial charge in [-0.05, 0) is 24.3 Å². The topological polar surface area (TPSA) is 162 Å². The highest BCUT2D eigenvalue weighted by molar-refractivity contribution is 7.92. The quantitative estimate of drug-likeness (QED) is 0.528. The lowest BCUT2D eigenvalue weighted by atomic mass is 10.1. The average Bonchev–Trinajstić information content (AvgIpc) is 3.24. The molecule has 3 N–H and O–H groups in total. The zero-order valence-corrected chi connectivity index (χ0v) is 15.6. The van der Waals surface area contributed by atoms with E-state index in [9.17, 15) is 18.6 Å². The molecular weight excluding hydrogens is 390 g/mol. The summed E-state index contributed by atoms with van der Waals surface area (Å²) in [6, 6.07) is 7.99. The highest BCUT2D eigenvalue weighted by atomic mass is 32.2. The van der Waals surface area contributed by atoms with Crippen LogP contribution in [0.3, 0.4) is 0 Å². The molecule has 0 spiro atoms. The number of aliphatic hydroxyl groups excluding tert-OH is 3. The molecule has 1 aliphatic rings. The van der Waals surface area contributed by atoms with Crippen LogP contribution in [0.2, 0.25) is 0 Å². The summed E-state index contributed by atoms with van der Waals surface area (Å²) in [6.07, 6.45) is -2.19. The van der Waals surface area contributed by atoms with Crippen LogP contribution in [-0.2, 0) is 21.3 Å². The zero-order valence-electron chi connectivity index (χ0n) is 14.8. The number of benzene rings is 1. The predicted octanol–water partition coefficient (Wildman–Crippen LogP) is -1.27. The molecule has 1 fully saturated rings. The fourth-order valence-corrected chi connectivity index (χ4v) is 3.73. The normalized spacial score (nSPS) is 24.8. The fraction of sp³-hybridized carbons (Fsp3) is 0.438. The number of sulfonamides is 1. The molecule has 1 aliphatic heterocycles. The smallest absolute Gasteiger partial charge is 0.232 e. The fourth-order valence-electron chi connectivity index (χ4n) is 2.86. The summed E-state index contributed by atoms with van der Waals surface area (Å²) in [7, 11) is -3.66. The molecule has 0 radical (unpaired) electrons. The van der Waals surface area contributed by atoms with Gasteiger partial charge in [0.2, 0.25) is 10.0 Å². The third kappa shape index (κ3) is 3.98. The van der Waals surface area contributed by atoms with Gasteiger partial charge in [-0.25, -0.2) is 13.1 Å². The van der Waals surface area contributed by atoms with Crippen molar-refractivity contribution in [2.75, 3.05) is 17.2 Å². The third-order valence-electron chi connectivity index (χ3n) is 4.33. The molecule has 1 aromatic heterocycles. The molecule has 3 rings (SSSR count). The first-order chi connectivity index (χ1) is 13.2. The van der Waals surface area contributed by atoms with Gasteiger partial charge < -0.3 is 20.1 Å². The highest BCUT2D eigenvalue weighted by Gasteiger charge is 2.44. The van der Waals surface area contributed by atoms with Crippen molar-refractivity contribution in [2.24, 2.45) is 0 Å². The number of aliphatic hydroxyl groups is 3. The van der Waals surface area contributed by atoms with Gasteiger partial charge in [0, 0.05) is 0 Å². The minimum atomic E-state index is -3.66. The summed E-state index contributed by atoms with van der Waals surface area (Å²) in [5, 5.41) is 45.7. The van der Waals surface area contributed by atoms with E-state index in [-0.39, 0.29) is 12.2 Å². The average molecular weight is 409 g/mol. The summed E-state index contributed by atoms with van der Waals surface area (Å²) in [5.41, 5.74) is 1.02. The van der Waals surface area contributed by atoms with Crippen LogP contribution in [-0.4, -0.2) is 69.9 Å². The van der Waals surface area contributed by atoms with E-state index in [0.717, 1.165) is 15.2 Å². The molecule has 12 heteroatoms. The van der Waals surface area contributed by atoms with Crippen molar-refractivity contribution < 1.29 is 28.5 Å². The van der Waals surface area contributed by atoms with E-state index in [0.29, 0.717) is 11.3 Å². The summed E-state index contributed by atoms with van der Waals surface area (Å²) in [5.74, 6) is 0. The lowest BCUT2D eigenvalue weighted by Crippen LogP contribution is -2.33. The second kappa shape index (κ2) is 7.82. The van der Waals surface area contributed by atoms with Gasteiger partial charge in [0.25, 0.3) is 0 Å². The SMILES string of the molecule is CS(=O)(=O)N(Cc1cn([C@@H]2O[C@H](CO)[C@@H](O)[C@H]2O)nn1)c1ccc(C#N)cc1. The van der Waals surface area contributed by atoms with Gasteiger partial charge in [-0.1, -0.05) is 5.21 Å². The van der Waals surface area contributed by atoms with Gasteiger partial charge in [0.05, 0.1) is 42.9 Å². The molecule has 0 amide bonds. The molecule has 28 heavy (non-hydrogen) atoms. The number of anilines is 1. The molecule has 1 saturated heterocycles. The minimum absolute atomic E-state index is 0.139. The van der Waals surface area contributed by atoms with Gasteiger partial charge in [0.15, 0.2) is 6.23 Å². The lowest BCUT2D eigenvalue weighted by molar-refractivity contribution is -0.0594. The Bertz CT molecular complexity index is 970.